The van der Waals surface area contributed by atoms with E-state index in [9.17, 15) is 9.59 Å². The number of nitrogens with zero attached hydrogens (tertiary/aromatic N) is 2. The fourth-order valence-electron chi connectivity index (χ4n) is 4.64. The number of likely N-dealkylation sites (N-methyl/N-ethyl adjacent to an activating group) is 1. The van der Waals surface area contributed by atoms with Crippen LogP contribution in [0.2, 0.25) is 0 Å². The predicted octanol–water partition coefficient (Wildman–Crippen LogP) is 2.85. The summed E-state index contributed by atoms with van der Waals surface area (Å²) in [7, 11) is 1.74. The van der Waals surface area contributed by atoms with Gasteiger partial charge in [0.1, 0.15) is 0 Å². The lowest BCUT2D eigenvalue weighted by molar-refractivity contribution is -0.131. The fraction of sp³-hybridized carbons (Fsp3) is 0.333. The smallest absolute Gasteiger partial charge is 0.410 e. The summed E-state index contributed by atoms with van der Waals surface area (Å²) in [5, 5.41) is 0. The van der Waals surface area contributed by atoms with Gasteiger partial charge in [-0.1, -0.05) is 48.5 Å². The summed E-state index contributed by atoms with van der Waals surface area (Å²) >= 11 is 0. The lowest BCUT2D eigenvalue weighted by Gasteiger charge is -2.24. The summed E-state index contributed by atoms with van der Waals surface area (Å²) < 4.78 is 5.60. The van der Waals surface area contributed by atoms with Crippen LogP contribution in [0.1, 0.15) is 23.5 Å². The number of hydrogen-bond acceptors (Lipinski definition) is 3. The molecule has 2 heterocycles. The van der Waals surface area contributed by atoms with Crippen LogP contribution in [0, 0.1) is 0 Å². The Kier molecular flexibility index (Phi) is 3.17. The van der Waals surface area contributed by atoms with Crippen molar-refractivity contribution in [2.24, 2.45) is 0 Å². The van der Waals surface area contributed by atoms with Gasteiger partial charge in [0, 0.05) is 20.0 Å². The Bertz CT molecular complexity index is 879. The molecule has 5 nitrogen and oxygen atoms in total. The van der Waals surface area contributed by atoms with Crippen molar-refractivity contribution in [1.29, 1.82) is 0 Å². The number of carbonyl (C=O) groups is 2. The highest BCUT2D eigenvalue weighted by atomic mass is 16.6. The SMILES string of the molecule is CN1C[C@]2(CCN(C(=O)C3c4ccccc4-c4ccccc43)C2)OC1=O. The van der Waals surface area contributed by atoms with Gasteiger partial charge in [-0.15, -0.1) is 0 Å². The lowest BCUT2D eigenvalue weighted by atomic mass is 9.95. The highest BCUT2D eigenvalue weighted by molar-refractivity contribution is 5.96. The lowest BCUT2D eigenvalue weighted by Crippen LogP contribution is -2.40. The molecule has 2 aromatic carbocycles. The summed E-state index contributed by atoms with van der Waals surface area (Å²) in [6, 6.07) is 16.3. The molecule has 1 spiro atoms. The first kappa shape index (κ1) is 15.4. The van der Waals surface area contributed by atoms with E-state index in [0.29, 0.717) is 26.1 Å². The zero-order chi connectivity index (χ0) is 17.9. The Morgan fingerprint density at radius 1 is 1.04 bits per heavy atom. The minimum atomic E-state index is -0.543. The van der Waals surface area contributed by atoms with Crippen LogP contribution in [0.3, 0.4) is 0 Å². The first-order valence-corrected chi connectivity index (χ1v) is 8.99. The van der Waals surface area contributed by atoms with Gasteiger partial charge in [-0.3, -0.25) is 4.79 Å². The molecule has 2 aromatic rings. The largest absolute Gasteiger partial charge is 0.439 e. The third-order valence-electron chi connectivity index (χ3n) is 5.85. The number of hydrogen-bond donors (Lipinski definition) is 0. The zero-order valence-corrected chi connectivity index (χ0v) is 14.6. The van der Waals surface area contributed by atoms with E-state index in [-0.39, 0.29) is 17.9 Å². The molecule has 132 valence electrons. The third kappa shape index (κ3) is 2.09. The number of ether oxygens (including phenoxy) is 1. The molecule has 0 saturated carbocycles. The summed E-state index contributed by atoms with van der Waals surface area (Å²) in [5.41, 5.74) is 3.88. The van der Waals surface area contributed by atoms with Crippen molar-refractivity contribution in [3.05, 3.63) is 59.7 Å². The molecule has 1 aliphatic carbocycles. The van der Waals surface area contributed by atoms with E-state index in [2.05, 4.69) is 12.1 Å². The maximum Gasteiger partial charge on any atom is 0.410 e. The van der Waals surface area contributed by atoms with E-state index in [0.717, 1.165) is 22.3 Å². The van der Waals surface area contributed by atoms with E-state index < -0.39 is 5.60 Å². The van der Waals surface area contributed by atoms with Crippen LogP contribution in [0.5, 0.6) is 0 Å². The van der Waals surface area contributed by atoms with Gasteiger partial charge in [0.2, 0.25) is 5.91 Å². The highest BCUT2D eigenvalue weighted by Gasteiger charge is 2.50. The van der Waals surface area contributed by atoms with Crippen molar-refractivity contribution < 1.29 is 14.3 Å². The molecular weight excluding hydrogens is 328 g/mol. The zero-order valence-electron chi connectivity index (χ0n) is 14.6. The molecule has 3 aliphatic rings. The summed E-state index contributed by atoms with van der Waals surface area (Å²) in [6.07, 6.45) is 0.404. The number of rotatable bonds is 1. The summed E-state index contributed by atoms with van der Waals surface area (Å²) in [6.45, 7) is 1.65. The van der Waals surface area contributed by atoms with Gasteiger partial charge in [0.25, 0.3) is 0 Å². The molecule has 0 radical (unpaired) electrons. The molecule has 2 amide bonds. The van der Waals surface area contributed by atoms with Gasteiger partial charge in [0.15, 0.2) is 5.60 Å². The fourth-order valence-corrected chi connectivity index (χ4v) is 4.64. The number of fused-ring (bicyclic) bond motifs is 3. The van der Waals surface area contributed by atoms with Gasteiger partial charge in [-0.25, -0.2) is 4.79 Å². The van der Waals surface area contributed by atoms with E-state index in [1.807, 2.05) is 41.3 Å². The van der Waals surface area contributed by atoms with Crippen molar-refractivity contribution >= 4 is 12.0 Å². The molecular formula is C21H20N2O3. The van der Waals surface area contributed by atoms with E-state index in [1.165, 1.54) is 0 Å². The predicted molar refractivity (Wildman–Crippen MR) is 96.8 cm³/mol. The average Bonchev–Trinajstić information content (AvgIpc) is 3.29. The molecule has 0 N–H and O–H groups in total. The van der Waals surface area contributed by atoms with Crippen LogP contribution in [-0.4, -0.2) is 54.1 Å². The first-order chi connectivity index (χ1) is 12.6. The van der Waals surface area contributed by atoms with Crippen LogP contribution >= 0.6 is 0 Å². The van der Waals surface area contributed by atoms with Crippen molar-refractivity contribution in [1.82, 2.24) is 9.80 Å². The van der Waals surface area contributed by atoms with Crippen molar-refractivity contribution in [3.8, 4) is 11.1 Å². The minimum Gasteiger partial charge on any atom is -0.439 e. The van der Waals surface area contributed by atoms with Crippen LogP contribution in [-0.2, 0) is 9.53 Å². The topological polar surface area (TPSA) is 49.9 Å². The molecule has 2 saturated heterocycles. The molecule has 0 unspecified atom stereocenters. The van der Waals surface area contributed by atoms with Crippen molar-refractivity contribution in [2.45, 2.75) is 17.9 Å². The monoisotopic (exact) mass is 348 g/mol. The number of likely N-dealkylation sites (tertiary alicyclic amines) is 1. The van der Waals surface area contributed by atoms with E-state index in [4.69, 9.17) is 4.74 Å². The van der Waals surface area contributed by atoms with E-state index in [1.54, 1.807) is 11.9 Å². The quantitative estimate of drug-likeness (QED) is 0.796. The molecule has 2 fully saturated rings. The van der Waals surface area contributed by atoms with Crippen LogP contribution < -0.4 is 0 Å². The Balaban J connectivity index is 1.48. The van der Waals surface area contributed by atoms with Crippen molar-refractivity contribution in [3.63, 3.8) is 0 Å². The first-order valence-electron chi connectivity index (χ1n) is 8.99. The van der Waals surface area contributed by atoms with Crippen LogP contribution in [0.4, 0.5) is 4.79 Å². The van der Waals surface area contributed by atoms with Gasteiger partial charge >= 0.3 is 6.09 Å². The van der Waals surface area contributed by atoms with Gasteiger partial charge in [-0.05, 0) is 22.3 Å². The summed E-state index contributed by atoms with van der Waals surface area (Å²) in [5.74, 6) is -0.169. The third-order valence-corrected chi connectivity index (χ3v) is 5.85. The van der Waals surface area contributed by atoms with Gasteiger partial charge < -0.3 is 14.5 Å². The van der Waals surface area contributed by atoms with E-state index >= 15 is 0 Å². The van der Waals surface area contributed by atoms with Crippen LogP contribution in [0.15, 0.2) is 48.5 Å². The standard InChI is InChI=1S/C21H20N2O3/c1-22-12-21(26-20(22)25)10-11-23(13-21)19(24)18-16-8-4-2-6-14(16)15-7-3-5-9-17(15)18/h2-9,18H,10-13H2,1H3/t21-/m0/s1. The molecule has 5 rings (SSSR count). The molecule has 0 aromatic heterocycles. The Hall–Kier alpha value is -2.82. The van der Waals surface area contributed by atoms with Gasteiger partial charge in [-0.2, -0.15) is 0 Å². The van der Waals surface area contributed by atoms with Crippen molar-refractivity contribution in [2.75, 3.05) is 26.7 Å². The maximum absolute atomic E-state index is 13.4. The number of amides is 2. The minimum absolute atomic E-state index is 0.102. The number of benzene rings is 2. The molecule has 26 heavy (non-hydrogen) atoms. The second-order valence-corrected chi connectivity index (χ2v) is 7.52. The second-order valence-electron chi connectivity index (χ2n) is 7.52. The van der Waals surface area contributed by atoms with Crippen LogP contribution in [0.25, 0.3) is 11.1 Å². The number of carbonyl (C=O) groups excluding carboxylic acids is 2. The maximum atomic E-state index is 13.4. The highest BCUT2D eigenvalue weighted by Crippen LogP contribution is 2.46. The molecule has 2 aliphatic heterocycles. The molecule has 5 heteroatoms. The normalized spacial score (nSPS) is 24.1. The Morgan fingerprint density at radius 2 is 1.65 bits per heavy atom. The molecule has 1 atom stereocenters. The second kappa shape index (κ2) is 5.34. The Morgan fingerprint density at radius 3 is 2.23 bits per heavy atom. The van der Waals surface area contributed by atoms with Gasteiger partial charge in [0.05, 0.1) is 19.0 Å². The summed E-state index contributed by atoms with van der Waals surface area (Å²) in [4.78, 5) is 28.7. The molecule has 0 bridgehead atoms. The average molecular weight is 348 g/mol. The Labute approximate surface area is 152 Å².